The third-order valence-corrected chi connectivity index (χ3v) is 11.8. The lowest BCUT2D eigenvalue weighted by Gasteiger charge is -2.18. The third kappa shape index (κ3) is 41.2. The second-order valence-corrected chi connectivity index (χ2v) is 18.1. The lowest BCUT2D eigenvalue weighted by Crippen LogP contribution is -2.43. The van der Waals surface area contributed by atoms with Gasteiger partial charge in [0.25, 0.3) is 0 Å². The van der Waals surface area contributed by atoms with Crippen molar-refractivity contribution in [1.29, 1.82) is 0 Å². The summed E-state index contributed by atoms with van der Waals surface area (Å²) in [6.45, 7) is 2.64. The summed E-state index contributed by atoms with van der Waals surface area (Å²) in [5, 5.41) is 21.9. The zero-order chi connectivity index (χ0) is 42.8. The van der Waals surface area contributed by atoms with Gasteiger partial charge in [-0.3, -0.25) is 18.6 Å². The van der Waals surface area contributed by atoms with Crippen molar-refractivity contribution in [3.63, 3.8) is 0 Å². The molecular weight excluding hydrogens is 757 g/mol. The van der Waals surface area contributed by atoms with E-state index in [-0.39, 0.29) is 12.8 Å². The zero-order valence-electron chi connectivity index (χ0n) is 37.4. The molecule has 0 radical (unpaired) electrons. The van der Waals surface area contributed by atoms with Crippen molar-refractivity contribution in [2.75, 3.05) is 19.8 Å². The molecule has 0 aliphatic carbocycles. The van der Waals surface area contributed by atoms with Gasteiger partial charge in [0.2, 0.25) is 5.91 Å². The summed E-state index contributed by atoms with van der Waals surface area (Å²) in [5.41, 5.74) is 0. The first-order valence-corrected chi connectivity index (χ1v) is 25.6. The predicted octanol–water partition coefficient (Wildman–Crippen LogP) is 12.7. The molecule has 3 atom stereocenters. The van der Waals surface area contributed by atoms with E-state index < -0.39 is 57.6 Å². The van der Waals surface area contributed by atoms with E-state index in [1.54, 1.807) is 0 Å². The van der Waals surface area contributed by atoms with Gasteiger partial charge in [0, 0.05) is 12.8 Å². The van der Waals surface area contributed by atoms with Crippen LogP contribution < -0.4 is 5.32 Å². The van der Waals surface area contributed by atoms with Crippen LogP contribution in [-0.4, -0.2) is 64.9 Å². The van der Waals surface area contributed by atoms with E-state index in [0.717, 1.165) is 38.5 Å². The molecule has 0 aromatic carbocycles. The molecule has 12 heteroatoms. The van der Waals surface area contributed by atoms with E-state index in [1.807, 2.05) is 0 Å². The molecule has 344 valence electrons. The Labute approximate surface area is 354 Å². The third-order valence-electron chi connectivity index (χ3n) is 10.9. The van der Waals surface area contributed by atoms with Crippen LogP contribution in [0.15, 0.2) is 0 Å². The number of aliphatic hydroxyl groups excluding tert-OH is 1. The molecule has 0 saturated carbocycles. The van der Waals surface area contributed by atoms with Gasteiger partial charge in [-0.15, -0.1) is 0 Å². The van der Waals surface area contributed by atoms with Crippen LogP contribution in [0.5, 0.6) is 0 Å². The molecule has 0 fully saturated rings. The standard InChI is InChI=1S/C46H90NO10P/c1-3-5-7-9-11-13-15-17-19-21-22-24-26-28-30-32-34-36-38-45(50)55-39-42(48)40-56-58(53,54)57-41-43(46(51)52)47-44(49)37-35-33-31-29-27-25-23-20-18-16-14-12-10-8-6-4-2/h42-43,48H,3-41H2,1-2H3,(H,47,49)(H,51,52)(H,53,54). The predicted molar refractivity (Wildman–Crippen MR) is 236 cm³/mol. The minimum atomic E-state index is -4.75. The summed E-state index contributed by atoms with van der Waals surface area (Å²) in [5.74, 6) is -2.35. The number of hydrogen-bond acceptors (Lipinski definition) is 8. The van der Waals surface area contributed by atoms with E-state index in [9.17, 15) is 34.1 Å². The summed E-state index contributed by atoms with van der Waals surface area (Å²) >= 11 is 0. The molecular formula is C46H90NO10P. The maximum atomic E-state index is 12.3. The average molecular weight is 848 g/mol. The number of carbonyl (C=O) groups excluding carboxylic acids is 2. The van der Waals surface area contributed by atoms with Gasteiger partial charge in [0.15, 0.2) is 6.04 Å². The summed E-state index contributed by atoms with van der Waals surface area (Å²) in [6, 6.07) is -1.54. The highest BCUT2D eigenvalue weighted by molar-refractivity contribution is 7.47. The Morgan fingerprint density at radius 2 is 0.793 bits per heavy atom. The van der Waals surface area contributed by atoms with Crippen molar-refractivity contribution in [2.45, 2.75) is 257 Å². The van der Waals surface area contributed by atoms with Crippen LogP contribution in [0.4, 0.5) is 0 Å². The van der Waals surface area contributed by atoms with E-state index >= 15 is 0 Å². The topological polar surface area (TPSA) is 169 Å². The van der Waals surface area contributed by atoms with Crippen LogP contribution in [-0.2, 0) is 32.7 Å². The molecule has 58 heavy (non-hydrogen) atoms. The van der Waals surface area contributed by atoms with Gasteiger partial charge in [0.1, 0.15) is 12.7 Å². The fourth-order valence-electron chi connectivity index (χ4n) is 7.14. The van der Waals surface area contributed by atoms with Gasteiger partial charge >= 0.3 is 19.8 Å². The summed E-state index contributed by atoms with van der Waals surface area (Å²) in [4.78, 5) is 46.0. The van der Waals surface area contributed by atoms with Crippen LogP contribution in [0.3, 0.4) is 0 Å². The summed E-state index contributed by atoms with van der Waals surface area (Å²) in [6.07, 6.45) is 41.2. The summed E-state index contributed by atoms with van der Waals surface area (Å²) < 4.78 is 26.9. The molecule has 0 aromatic heterocycles. The number of carboxylic acid groups (broad SMARTS) is 1. The highest BCUT2D eigenvalue weighted by Crippen LogP contribution is 2.43. The van der Waals surface area contributed by atoms with E-state index in [2.05, 4.69) is 19.2 Å². The fourth-order valence-corrected chi connectivity index (χ4v) is 7.91. The van der Waals surface area contributed by atoms with Gasteiger partial charge in [-0.25, -0.2) is 9.36 Å². The van der Waals surface area contributed by atoms with Crippen LogP contribution >= 0.6 is 7.82 Å². The first kappa shape index (κ1) is 56.5. The monoisotopic (exact) mass is 848 g/mol. The van der Waals surface area contributed by atoms with Gasteiger partial charge in [-0.05, 0) is 12.8 Å². The van der Waals surface area contributed by atoms with Crippen molar-refractivity contribution < 1.29 is 47.8 Å². The normalized spacial score (nSPS) is 13.6. The Bertz CT molecular complexity index is 1000. The first-order valence-electron chi connectivity index (χ1n) is 24.1. The molecule has 0 aliphatic heterocycles. The van der Waals surface area contributed by atoms with E-state index in [0.29, 0.717) is 12.8 Å². The largest absolute Gasteiger partial charge is 0.480 e. The molecule has 0 rings (SSSR count). The molecule has 0 heterocycles. The van der Waals surface area contributed by atoms with Gasteiger partial charge in [0.05, 0.1) is 13.2 Å². The number of amides is 1. The maximum Gasteiger partial charge on any atom is 0.472 e. The van der Waals surface area contributed by atoms with Gasteiger partial charge in [-0.2, -0.15) is 0 Å². The SMILES string of the molecule is CCCCCCCCCCCCCCCCCCCCC(=O)OCC(O)COP(=O)(O)OCC(NC(=O)CCCCCCCCCCCCCCCCCC)C(=O)O. The zero-order valence-corrected chi connectivity index (χ0v) is 38.3. The molecule has 0 spiro atoms. The Morgan fingerprint density at radius 1 is 0.483 bits per heavy atom. The number of phosphoric ester groups is 1. The van der Waals surface area contributed by atoms with Crippen molar-refractivity contribution in [3.05, 3.63) is 0 Å². The molecule has 0 saturated heterocycles. The Hall–Kier alpha value is -1.52. The average Bonchev–Trinajstić information content (AvgIpc) is 3.20. The maximum absolute atomic E-state index is 12.3. The molecule has 3 unspecified atom stereocenters. The lowest BCUT2D eigenvalue weighted by molar-refractivity contribution is -0.147. The van der Waals surface area contributed by atoms with E-state index in [4.69, 9.17) is 13.8 Å². The highest BCUT2D eigenvalue weighted by Gasteiger charge is 2.28. The molecule has 0 bridgehead atoms. The van der Waals surface area contributed by atoms with Crippen molar-refractivity contribution in [2.24, 2.45) is 0 Å². The molecule has 0 aromatic rings. The number of aliphatic hydroxyl groups is 1. The Balaban J connectivity index is 3.81. The lowest BCUT2D eigenvalue weighted by atomic mass is 10.0. The number of esters is 1. The number of carboxylic acids is 1. The minimum absolute atomic E-state index is 0.153. The molecule has 0 aliphatic rings. The van der Waals surface area contributed by atoms with Crippen LogP contribution in [0.25, 0.3) is 0 Å². The number of carbonyl (C=O) groups is 3. The van der Waals surface area contributed by atoms with Crippen molar-refractivity contribution in [3.8, 4) is 0 Å². The minimum Gasteiger partial charge on any atom is -0.480 e. The summed E-state index contributed by atoms with van der Waals surface area (Å²) in [7, 11) is -4.75. The number of rotatable bonds is 46. The van der Waals surface area contributed by atoms with Crippen LogP contribution in [0.1, 0.15) is 245 Å². The number of hydrogen-bond donors (Lipinski definition) is 4. The number of aliphatic carboxylic acids is 1. The first-order chi connectivity index (χ1) is 28.1. The molecule has 1 amide bonds. The van der Waals surface area contributed by atoms with Crippen molar-refractivity contribution >= 4 is 25.7 Å². The van der Waals surface area contributed by atoms with E-state index in [1.165, 1.54) is 167 Å². The molecule has 4 N–H and O–H groups in total. The smallest absolute Gasteiger partial charge is 0.472 e. The second-order valence-electron chi connectivity index (χ2n) is 16.7. The number of nitrogens with one attached hydrogen (secondary N) is 1. The fraction of sp³-hybridized carbons (Fsp3) is 0.935. The number of phosphoric acid groups is 1. The number of ether oxygens (including phenoxy) is 1. The van der Waals surface area contributed by atoms with Crippen LogP contribution in [0, 0.1) is 0 Å². The van der Waals surface area contributed by atoms with Gasteiger partial charge in [-0.1, -0.05) is 219 Å². The van der Waals surface area contributed by atoms with Gasteiger partial charge < -0.3 is 25.2 Å². The van der Waals surface area contributed by atoms with Crippen molar-refractivity contribution in [1.82, 2.24) is 5.32 Å². The molecule has 11 nitrogen and oxygen atoms in total. The Kier molecular flexibility index (Phi) is 41.1. The quantitative estimate of drug-likeness (QED) is 0.0263. The second kappa shape index (κ2) is 42.2. The Morgan fingerprint density at radius 3 is 1.14 bits per heavy atom. The van der Waals surface area contributed by atoms with Crippen LogP contribution in [0.2, 0.25) is 0 Å². The highest BCUT2D eigenvalue weighted by atomic mass is 31.2. The number of unbranched alkanes of at least 4 members (excludes halogenated alkanes) is 32.